The Morgan fingerprint density at radius 2 is 1.69 bits per heavy atom. The summed E-state index contributed by atoms with van der Waals surface area (Å²) < 4.78 is 55.3. The van der Waals surface area contributed by atoms with Crippen molar-refractivity contribution in [3.63, 3.8) is 0 Å². The van der Waals surface area contributed by atoms with E-state index >= 15 is 0 Å². The fourth-order valence-electron chi connectivity index (χ4n) is 5.83. The summed E-state index contributed by atoms with van der Waals surface area (Å²) in [5, 5.41) is 10.4. The average molecular weight is 615 g/mol. The van der Waals surface area contributed by atoms with Gasteiger partial charge in [-0.15, -0.1) is 0 Å². The van der Waals surface area contributed by atoms with E-state index < -0.39 is 11.9 Å². The van der Waals surface area contributed by atoms with Crippen molar-refractivity contribution in [2.45, 2.75) is 63.3 Å². The maximum atomic E-state index is 13.2. The van der Waals surface area contributed by atoms with Crippen LogP contribution in [-0.2, 0) is 26.9 Å². The third-order valence-corrected chi connectivity index (χ3v) is 8.27. The summed E-state index contributed by atoms with van der Waals surface area (Å²) in [6.07, 6.45) is 5.88. The molecule has 10 nitrogen and oxygen atoms in total. The number of rotatable bonds is 8. The quantitative estimate of drug-likeness (QED) is 0.195. The molecule has 0 unspecified atom stereocenters. The van der Waals surface area contributed by atoms with E-state index in [0.29, 0.717) is 39.4 Å². The van der Waals surface area contributed by atoms with Crippen LogP contribution in [0.25, 0.3) is 33.8 Å². The van der Waals surface area contributed by atoms with Crippen molar-refractivity contribution in [2.75, 3.05) is 0 Å². The van der Waals surface area contributed by atoms with Crippen LogP contribution in [0.1, 0.15) is 67.0 Å². The first-order valence-corrected chi connectivity index (χ1v) is 14.8. The lowest BCUT2D eigenvalue weighted by atomic mass is 10.1. The van der Waals surface area contributed by atoms with Gasteiger partial charge in [0.15, 0.2) is 11.5 Å². The molecule has 2 aliphatic carbocycles. The lowest BCUT2D eigenvalue weighted by molar-refractivity contribution is -0.140. The van der Waals surface area contributed by atoms with Crippen molar-refractivity contribution in [1.29, 1.82) is 5.26 Å². The minimum Gasteiger partial charge on any atom is -0.474 e. The molecule has 2 aliphatic rings. The molecule has 0 atom stereocenters. The van der Waals surface area contributed by atoms with Gasteiger partial charge in [-0.1, -0.05) is 24.3 Å². The molecule has 2 fully saturated rings. The first kappa shape index (κ1) is 28.8. The van der Waals surface area contributed by atoms with Gasteiger partial charge >= 0.3 is 6.18 Å². The molecule has 0 aliphatic heterocycles. The zero-order valence-electron chi connectivity index (χ0n) is 24.7. The van der Waals surface area contributed by atoms with Crippen molar-refractivity contribution in [2.24, 2.45) is 14.1 Å². The number of imidazole rings is 1. The Bertz CT molecular complexity index is 1930. The van der Waals surface area contributed by atoms with Crippen LogP contribution in [0.15, 0.2) is 43.0 Å². The van der Waals surface area contributed by atoms with E-state index in [1.54, 1.807) is 35.0 Å². The fraction of sp³-hybridized carbons (Fsp3) is 0.375. The average Bonchev–Trinajstić information content (AvgIpc) is 3.43. The van der Waals surface area contributed by atoms with Gasteiger partial charge in [0.2, 0.25) is 11.8 Å². The molecular weight excluding hydrogens is 585 g/mol. The molecule has 4 aromatic heterocycles. The van der Waals surface area contributed by atoms with Crippen LogP contribution < -0.4 is 9.47 Å². The lowest BCUT2D eigenvalue weighted by Gasteiger charge is -2.17. The van der Waals surface area contributed by atoms with E-state index in [4.69, 9.17) is 19.4 Å². The summed E-state index contributed by atoms with van der Waals surface area (Å²) in [5.41, 5.74) is 2.72. The SMILES string of the molecule is Cn1cc(C(F)(F)F)nc1-c1ccc(COc2nc(-c3c(OC4CCCC4)ncnc3C3CC3)nc3c2c(C#N)cn3C)cc1. The molecule has 0 saturated heterocycles. The van der Waals surface area contributed by atoms with Crippen LogP contribution >= 0.6 is 0 Å². The molecule has 5 aromatic rings. The molecule has 45 heavy (non-hydrogen) atoms. The minimum absolute atomic E-state index is 0.0687. The Balaban J connectivity index is 1.24. The maximum Gasteiger partial charge on any atom is 0.434 e. The molecule has 230 valence electrons. The van der Waals surface area contributed by atoms with Crippen LogP contribution in [0.3, 0.4) is 0 Å². The van der Waals surface area contributed by atoms with E-state index in [-0.39, 0.29) is 30.3 Å². The number of aryl methyl sites for hydroxylation is 2. The second-order valence-electron chi connectivity index (χ2n) is 11.6. The smallest absolute Gasteiger partial charge is 0.434 e. The Morgan fingerprint density at radius 1 is 0.933 bits per heavy atom. The zero-order chi connectivity index (χ0) is 31.3. The molecule has 13 heteroatoms. The summed E-state index contributed by atoms with van der Waals surface area (Å²) in [6, 6.07) is 9.12. The Kier molecular flexibility index (Phi) is 7.14. The molecule has 0 amide bonds. The number of hydrogen-bond acceptors (Lipinski definition) is 8. The van der Waals surface area contributed by atoms with Crippen LogP contribution in [0.5, 0.6) is 11.8 Å². The van der Waals surface area contributed by atoms with E-state index in [9.17, 15) is 18.4 Å². The first-order chi connectivity index (χ1) is 21.7. The van der Waals surface area contributed by atoms with Crippen molar-refractivity contribution in [3.8, 4) is 40.6 Å². The van der Waals surface area contributed by atoms with Gasteiger partial charge in [-0.05, 0) is 44.1 Å². The van der Waals surface area contributed by atoms with Gasteiger partial charge in [-0.25, -0.2) is 19.9 Å². The summed E-state index contributed by atoms with van der Waals surface area (Å²) in [7, 11) is 3.33. The number of benzene rings is 1. The Hall–Kier alpha value is -4.99. The molecule has 0 bridgehead atoms. The van der Waals surface area contributed by atoms with Crippen molar-refractivity contribution >= 4 is 11.0 Å². The van der Waals surface area contributed by atoms with Gasteiger partial charge in [-0.2, -0.15) is 23.4 Å². The predicted molar refractivity (Wildman–Crippen MR) is 157 cm³/mol. The summed E-state index contributed by atoms with van der Waals surface area (Å²) >= 11 is 0. The van der Waals surface area contributed by atoms with Gasteiger partial charge in [0.25, 0.3) is 0 Å². The first-order valence-electron chi connectivity index (χ1n) is 14.8. The van der Waals surface area contributed by atoms with Crippen LogP contribution in [0, 0.1) is 11.3 Å². The second kappa shape index (κ2) is 11.2. The number of fused-ring (bicyclic) bond motifs is 1. The monoisotopic (exact) mass is 614 g/mol. The van der Waals surface area contributed by atoms with E-state index in [0.717, 1.165) is 56.0 Å². The third-order valence-electron chi connectivity index (χ3n) is 8.27. The molecule has 0 spiro atoms. The topological polar surface area (TPSA) is 117 Å². The molecule has 7 rings (SSSR count). The van der Waals surface area contributed by atoms with Gasteiger partial charge < -0.3 is 18.6 Å². The molecule has 1 aromatic carbocycles. The molecule has 0 N–H and O–H groups in total. The Labute approximate surface area is 256 Å². The number of nitriles is 1. The minimum atomic E-state index is -4.53. The number of hydrogen-bond donors (Lipinski definition) is 0. The Morgan fingerprint density at radius 3 is 2.36 bits per heavy atom. The van der Waals surface area contributed by atoms with Crippen LogP contribution in [-0.4, -0.2) is 40.2 Å². The predicted octanol–water partition coefficient (Wildman–Crippen LogP) is 6.49. The molecule has 2 saturated carbocycles. The highest BCUT2D eigenvalue weighted by atomic mass is 19.4. The summed E-state index contributed by atoms with van der Waals surface area (Å²) in [6.45, 7) is 0.0895. The van der Waals surface area contributed by atoms with Gasteiger partial charge in [-0.3, -0.25) is 0 Å². The van der Waals surface area contributed by atoms with Gasteiger partial charge in [0.05, 0.1) is 16.6 Å². The van der Waals surface area contributed by atoms with Gasteiger partial charge in [0, 0.05) is 38.0 Å². The van der Waals surface area contributed by atoms with Crippen molar-refractivity contribution < 1.29 is 22.6 Å². The third kappa shape index (κ3) is 5.56. The maximum absolute atomic E-state index is 13.2. The number of alkyl halides is 3. The summed E-state index contributed by atoms with van der Waals surface area (Å²) in [4.78, 5) is 22.6. The normalized spacial score (nSPS) is 15.5. The number of aromatic nitrogens is 7. The summed E-state index contributed by atoms with van der Waals surface area (Å²) in [5.74, 6) is 1.52. The van der Waals surface area contributed by atoms with E-state index in [1.807, 2.05) is 7.05 Å². The standard InChI is InChI=1S/C32H29F3N8O2/c1-42-14-21(13-36)24-29(42)40-27(25-26(19-11-12-19)37-17-38-30(25)45-22-5-3-4-6-22)41-31(24)44-16-18-7-9-20(10-8-18)28-39-23(15-43(28)2)32(33,34)35/h7-10,14-15,17,19,22H,3-6,11-12,16H2,1-2H3. The molecule has 0 radical (unpaired) electrons. The lowest BCUT2D eigenvalue weighted by Crippen LogP contribution is -2.14. The number of nitrogens with zero attached hydrogens (tertiary/aromatic N) is 8. The number of ether oxygens (including phenoxy) is 2. The van der Waals surface area contributed by atoms with E-state index in [2.05, 4.69) is 21.0 Å². The van der Waals surface area contributed by atoms with Gasteiger partial charge in [0.1, 0.15) is 42.1 Å². The fourth-order valence-corrected chi connectivity index (χ4v) is 5.83. The second-order valence-corrected chi connectivity index (χ2v) is 11.6. The largest absolute Gasteiger partial charge is 0.474 e. The van der Waals surface area contributed by atoms with Crippen molar-refractivity contribution in [3.05, 3.63) is 65.5 Å². The highest BCUT2D eigenvalue weighted by Crippen LogP contribution is 2.46. The molecular formula is C32H29F3N8O2. The zero-order valence-corrected chi connectivity index (χ0v) is 24.7. The van der Waals surface area contributed by atoms with Crippen LogP contribution in [0.2, 0.25) is 0 Å². The highest BCUT2D eigenvalue weighted by molar-refractivity contribution is 5.89. The van der Waals surface area contributed by atoms with E-state index in [1.165, 1.54) is 17.9 Å². The van der Waals surface area contributed by atoms with Crippen LogP contribution in [0.4, 0.5) is 13.2 Å². The number of halogens is 3. The van der Waals surface area contributed by atoms with Crippen molar-refractivity contribution in [1.82, 2.24) is 34.1 Å². The highest BCUT2D eigenvalue weighted by Gasteiger charge is 2.35. The molecule has 4 heterocycles.